The lowest BCUT2D eigenvalue weighted by Crippen LogP contribution is -2.27. The summed E-state index contributed by atoms with van der Waals surface area (Å²) in [6, 6.07) is 13.2. The molecule has 3 heterocycles. The van der Waals surface area contributed by atoms with Gasteiger partial charge < -0.3 is 9.88 Å². The van der Waals surface area contributed by atoms with Crippen LogP contribution in [0.5, 0.6) is 0 Å². The summed E-state index contributed by atoms with van der Waals surface area (Å²) in [7, 11) is 0. The Labute approximate surface area is 164 Å². The van der Waals surface area contributed by atoms with E-state index in [1.54, 1.807) is 18.6 Å². The van der Waals surface area contributed by atoms with Crippen molar-refractivity contribution in [2.24, 2.45) is 0 Å². The van der Waals surface area contributed by atoms with Crippen molar-refractivity contribution < 1.29 is 4.79 Å². The number of carbonyl (C=O) groups is 1. The summed E-state index contributed by atoms with van der Waals surface area (Å²) in [5.74, 6) is -0.331. The zero-order valence-corrected chi connectivity index (χ0v) is 15.5. The van der Waals surface area contributed by atoms with Crippen molar-refractivity contribution in [3.63, 3.8) is 0 Å². The van der Waals surface area contributed by atoms with Crippen LogP contribution < -0.4 is 10.9 Å². The first-order valence-electron chi connectivity index (χ1n) is 8.47. The van der Waals surface area contributed by atoms with E-state index in [9.17, 15) is 9.59 Å². The van der Waals surface area contributed by atoms with Gasteiger partial charge in [-0.05, 0) is 12.1 Å². The Morgan fingerprint density at radius 2 is 1.79 bits per heavy atom. The molecule has 0 unspecified atom stereocenters. The van der Waals surface area contributed by atoms with Gasteiger partial charge in [0.15, 0.2) is 5.13 Å². The Kier molecular flexibility index (Phi) is 5.03. The fourth-order valence-corrected chi connectivity index (χ4v) is 3.36. The lowest BCUT2D eigenvalue weighted by molar-refractivity contribution is -0.116. The van der Waals surface area contributed by atoms with Gasteiger partial charge in [0.1, 0.15) is 6.54 Å². The molecule has 0 saturated carbocycles. The van der Waals surface area contributed by atoms with Crippen molar-refractivity contribution >= 4 is 22.4 Å². The molecule has 1 amide bonds. The number of nitrogens with one attached hydrogen (secondary N) is 1. The number of hydrogen-bond acceptors (Lipinski definition) is 6. The smallest absolute Gasteiger partial charge is 0.269 e. The second kappa shape index (κ2) is 7.93. The number of thiazole rings is 1. The number of rotatable bonds is 5. The summed E-state index contributed by atoms with van der Waals surface area (Å²) in [4.78, 5) is 37.0. The maximum absolute atomic E-state index is 12.4. The van der Waals surface area contributed by atoms with Gasteiger partial charge in [-0.15, -0.1) is 11.3 Å². The van der Waals surface area contributed by atoms with Gasteiger partial charge in [0.05, 0.1) is 17.6 Å². The minimum atomic E-state index is -0.341. The molecular formula is C20H15N5O2S. The molecule has 138 valence electrons. The molecule has 0 spiro atoms. The molecule has 0 radical (unpaired) electrons. The molecule has 0 aliphatic heterocycles. The Hall–Kier alpha value is -3.65. The van der Waals surface area contributed by atoms with E-state index in [-0.39, 0.29) is 18.0 Å². The quantitative estimate of drug-likeness (QED) is 0.567. The van der Waals surface area contributed by atoms with E-state index in [1.807, 2.05) is 47.8 Å². The molecule has 4 rings (SSSR count). The Balaban J connectivity index is 1.49. The Morgan fingerprint density at radius 3 is 2.57 bits per heavy atom. The van der Waals surface area contributed by atoms with Gasteiger partial charge in [0.25, 0.3) is 5.56 Å². The van der Waals surface area contributed by atoms with E-state index in [4.69, 9.17) is 0 Å². The number of hydrogen-bond donors (Lipinski definition) is 1. The monoisotopic (exact) mass is 389 g/mol. The van der Waals surface area contributed by atoms with Crippen molar-refractivity contribution in [3.05, 3.63) is 83.0 Å². The van der Waals surface area contributed by atoms with E-state index >= 15 is 0 Å². The normalized spacial score (nSPS) is 10.6. The van der Waals surface area contributed by atoms with Crippen molar-refractivity contribution in [2.45, 2.75) is 6.54 Å². The van der Waals surface area contributed by atoms with E-state index in [1.165, 1.54) is 22.1 Å². The molecule has 0 aliphatic rings. The second-order valence-corrected chi connectivity index (χ2v) is 6.78. The molecule has 0 aliphatic carbocycles. The van der Waals surface area contributed by atoms with Gasteiger partial charge in [-0.3, -0.25) is 14.6 Å². The predicted octanol–water partition coefficient (Wildman–Crippen LogP) is 3.07. The van der Waals surface area contributed by atoms with Crippen LogP contribution in [0.15, 0.2) is 77.4 Å². The number of carbonyl (C=O) groups excluding carboxylic acids is 1. The van der Waals surface area contributed by atoms with Gasteiger partial charge in [0, 0.05) is 35.1 Å². The highest BCUT2D eigenvalue weighted by Crippen LogP contribution is 2.24. The van der Waals surface area contributed by atoms with E-state index in [0.717, 1.165) is 16.8 Å². The van der Waals surface area contributed by atoms with Crippen molar-refractivity contribution in [2.75, 3.05) is 5.32 Å². The van der Waals surface area contributed by atoms with Crippen LogP contribution in [0.1, 0.15) is 0 Å². The summed E-state index contributed by atoms with van der Waals surface area (Å²) in [5.41, 5.74) is 2.84. The van der Waals surface area contributed by atoms with Crippen LogP contribution in [0.2, 0.25) is 0 Å². The van der Waals surface area contributed by atoms with Crippen molar-refractivity contribution in [1.29, 1.82) is 0 Å². The van der Waals surface area contributed by atoms with Crippen molar-refractivity contribution in [1.82, 2.24) is 19.5 Å². The minimum Gasteiger partial charge on any atom is -0.303 e. The molecule has 0 saturated heterocycles. The third-order valence-electron chi connectivity index (χ3n) is 3.99. The van der Waals surface area contributed by atoms with E-state index in [2.05, 4.69) is 20.3 Å². The Bertz CT molecular complexity index is 1160. The molecule has 4 aromatic rings. The van der Waals surface area contributed by atoms with Crippen LogP contribution >= 0.6 is 11.3 Å². The number of amides is 1. The van der Waals surface area contributed by atoms with Gasteiger partial charge in [-0.2, -0.15) is 0 Å². The molecule has 0 bridgehead atoms. The first-order chi connectivity index (χ1) is 13.7. The number of pyridine rings is 1. The van der Waals surface area contributed by atoms with Gasteiger partial charge in [0.2, 0.25) is 5.91 Å². The summed E-state index contributed by atoms with van der Waals surface area (Å²) < 4.78 is 1.34. The zero-order chi connectivity index (χ0) is 19.3. The maximum atomic E-state index is 12.4. The largest absolute Gasteiger partial charge is 0.303 e. The maximum Gasteiger partial charge on any atom is 0.269 e. The molecule has 0 atom stereocenters. The average molecular weight is 389 g/mol. The standard InChI is InChI=1S/C20H15N5O2S/c26-18(24-20-23-17(13-28-20)15-6-8-21-9-7-15)12-25-11-16(22-10-19(25)27)14-4-2-1-3-5-14/h1-11,13H,12H2,(H,23,24,26). The van der Waals surface area contributed by atoms with Crippen LogP contribution in [0.25, 0.3) is 22.5 Å². The molecule has 28 heavy (non-hydrogen) atoms. The Morgan fingerprint density at radius 1 is 1.04 bits per heavy atom. The van der Waals surface area contributed by atoms with E-state index < -0.39 is 0 Å². The zero-order valence-electron chi connectivity index (χ0n) is 14.6. The number of anilines is 1. The molecule has 1 N–H and O–H groups in total. The first-order valence-corrected chi connectivity index (χ1v) is 9.35. The van der Waals surface area contributed by atoms with Crippen molar-refractivity contribution in [3.8, 4) is 22.5 Å². The SMILES string of the molecule is O=C(Cn1cc(-c2ccccc2)ncc1=O)Nc1nc(-c2ccncc2)cs1. The van der Waals surface area contributed by atoms with Crippen LogP contribution in [0.4, 0.5) is 5.13 Å². The van der Waals surface area contributed by atoms with Gasteiger partial charge in [-0.25, -0.2) is 9.97 Å². The fraction of sp³-hybridized carbons (Fsp3) is 0.0500. The molecule has 3 aromatic heterocycles. The van der Waals surface area contributed by atoms with Crippen LogP contribution in [-0.4, -0.2) is 25.4 Å². The predicted molar refractivity (Wildman–Crippen MR) is 108 cm³/mol. The topological polar surface area (TPSA) is 89.8 Å². The molecular weight excluding hydrogens is 374 g/mol. The van der Waals surface area contributed by atoms with Gasteiger partial charge >= 0.3 is 0 Å². The van der Waals surface area contributed by atoms with Crippen LogP contribution in [-0.2, 0) is 11.3 Å². The summed E-state index contributed by atoms with van der Waals surface area (Å²) in [6.45, 7) is -0.120. The highest BCUT2D eigenvalue weighted by molar-refractivity contribution is 7.14. The highest BCUT2D eigenvalue weighted by atomic mass is 32.1. The summed E-state index contributed by atoms with van der Waals surface area (Å²) >= 11 is 1.32. The lowest BCUT2D eigenvalue weighted by atomic mass is 10.2. The molecule has 1 aromatic carbocycles. The van der Waals surface area contributed by atoms with E-state index in [0.29, 0.717) is 10.8 Å². The fourth-order valence-electron chi connectivity index (χ4n) is 2.62. The third kappa shape index (κ3) is 4.02. The molecule has 8 heteroatoms. The molecule has 7 nitrogen and oxygen atoms in total. The number of nitrogens with zero attached hydrogens (tertiary/aromatic N) is 4. The highest BCUT2D eigenvalue weighted by Gasteiger charge is 2.10. The lowest BCUT2D eigenvalue weighted by Gasteiger charge is -2.07. The number of aromatic nitrogens is 4. The molecule has 0 fully saturated rings. The summed E-state index contributed by atoms with van der Waals surface area (Å²) in [5, 5.41) is 5.07. The summed E-state index contributed by atoms with van der Waals surface area (Å²) in [6.07, 6.45) is 6.18. The third-order valence-corrected chi connectivity index (χ3v) is 4.74. The first kappa shape index (κ1) is 17.7. The van der Waals surface area contributed by atoms with Crippen LogP contribution in [0.3, 0.4) is 0 Å². The minimum absolute atomic E-state index is 0.120. The second-order valence-electron chi connectivity index (χ2n) is 5.93. The van der Waals surface area contributed by atoms with Gasteiger partial charge in [-0.1, -0.05) is 30.3 Å². The van der Waals surface area contributed by atoms with Crippen LogP contribution in [0, 0.1) is 0 Å². The number of benzene rings is 1. The average Bonchev–Trinajstić information content (AvgIpc) is 3.19.